The summed E-state index contributed by atoms with van der Waals surface area (Å²) in [6.45, 7) is 2.30. The molecule has 1 fully saturated rings. The van der Waals surface area contributed by atoms with E-state index in [4.69, 9.17) is 23.2 Å². The first-order valence-corrected chi connectivity index (χ1v) is 6.09. The molecule has 0 bridgehead atoms. The molecular weight excluding hydrogens is 245 g/mol. The summed E-state index contributed by atoms with van der Waals surface area (Å²) < 4.78 is 0. The Morgan fingerprint density at radius 2 is 2.06 bits per heavy atom. The molecule has 2 rings (SSSR count). The van der Waals surface area contributed by atoms with Gasteiger partial charge in [0.25, 0.3) is 0 Å². The highest BCUT2D eigenvalue weighted by Crippen LogP contribution is 2.23. The first-order chi connectivity index (χ1) is 7.65. The molecule has 1 saturated heterocycles. The van der Waals surface area contributed by atoms with Gasteiger partial charge in [0.1, 0.15) is 5.78 Å². The zero-order valence-electron chi connectivity index (χ0n) is 8.88. The van der Waals surface area contributed by atoms with Crippen LogP contribution >= 0.6 is 23.2 Å². The van der Waals surface area contributed by atoms with Gasteiger partial charge in [-0.25, -0.2) is 0 Å². The summed E-state index contributed by atoms with van der Waals surface area (Å²) in [5, 5.41) is 1.14. The molecule has 0 spiro atoms. The normalized spacial score (nSPS) is 17.8. The van der Waals surface area contributed by atoms with Crippen molar-refractivity contribution < 1.29 is 4.79 Å². The van der Waals surface area contributed by atoms with Crippen LogP contribution in [-0.4, -0.2) is 23.8 Å². The van der Waals surface area contributed by atoms with Crippen molar-refractivity contribution in [3.63, 3.8) is 0 Å². The number of carbonyl (C=O) groups is 1. The van der Waals surface area contributed by atoms with E-state index in [-0.39, 0.29) is 0 Å². The number of halogens is 2. The Bertz CT molecular complexity index is 406. The molecule has 0 amide bonds. The highest BCUT2D eigenvalue weighted by Gasteiger charge is 2.16. The van der Waals surface area contributed by atoms with Crippen molar-refractivity contribution in [1.82, 2.24) is 4.90 Å². The quantitative estimate of drug-likeness (QED) is 0.812. The van der Waals surface area contributed by atoms with Crippen molar-refractivity contribution in [2.45, 2.75) is 19.4 Å². The molecule has 1 aromatic rings. The second-order valence-corrected chi connectivity index (χ2v) is 4.92. The fourth-order valence-corrected chi connectivity index (χ4v) is 2.26. The summed E-state index contributed by atoms with van der Waals surface area (Å²) in [5.74, 6) is 0.325. The summed E-state index contributed by atoms with van der Waals surface area (Å²) >= 11 is 11.8. The molecule has 4 heteroatoms. The summed E-state index contributed by atoms with van der Waals surface area (Å²) in [6.07, 6.45) is 1.68. The Morgan fingerprint density at radius 1 is 1.25 bits per heavy atom. The molecule has 0 radical (unpaired) electrons. The Morgan fingerprint density at radius 3 is 2.75 bits per heavy atom. The van der Waals surface area contributed by atoms with E-state index in [1.165, 1.54) is 0 Å². The number of Topliss-reactive ketones (excluding diaryl/α,β-unsaturated/α-hetero) is 1. The molecular formula is C12H13Cl2NO. The van der Waals surface area contributed by atoms with Crippen LogP contribution in [0.3, 0.4) is 0 Å². The van der Waals surface area contributed by atoms with E-state index in [0.29, 0.717) is 22.4 Å². The van der Waals surface area contributed by atoms with Crippen LogP contribution in [0, 0.1) is 0 Å². The Balaban J connectivity index is 2.03. The van der Waals surface area contributed by atoms with Gasteiger partial charge in [-0.1, -0.05) is 29.3 Å². The average molecular weight is 258 g/mol. The zero-order chi connectivity index (χ0) is 11.5. The van der Waals surface area contributed by atoms with Gasteiger partial charge in [0.05, 0.1) is 16.6 Å². The third-order valence-electron chi connectivity index (χ3n) is 2.72. The van der Waals surface area contributed by atoms with Gasteiger partial charge >= 0.3 is 0 Å². The standard InChI is InChI=1S/C12H13Cl2NO/c13-11-4-3-9(6-12(11)14)7-15-5-1-2-10(16)8-15/h3-4,6H,1-2,5,7-8H2. The first kappa shape index (κ1) is 11.9. The smallest absolute Gasteiger partial charge is 0.146 e. The number of benzene rings is 1. The minimum atomic E-state index is 0.325. The van der Waals surface area contributed by atoms with Crippen LogP contribution in [0.25, 0.3) is 0 Å². The van der Waals surface area contributed by atoms with Crippen molar-refractivity contribution in [2.75, 3.05) is 13.1 Å². The van der Waals surface area contributed by atoms with Crippen molar-refractivity contribution in [2.24, 2.45) is 0 Å². The van der Waals surface area contributed by atoms with Crippen LogP contribution in [0.5, 0.6) is 0 Å². The van der Waals surface area contributed by atoms with Gasteiger partial charge in [0.15, 0.2) is 0 Å². The number of nitrogens with zero attached hydrogens (tertiary/aromatic N) is 1. The Labute approximate surface area is 105 Å². The number of carbonyl (C=O) groups excluding carboxylic acids is 1. The number of likely N-dealkylation sites (tertiary alicyclic amines) is 1. The lowest BCUT2D eigenvalue weighted by atomic mass is 10.1. The van der Waals surface area contributed by atoms with Gasteiger partial charge in [0, 0.05) is 13.0 Å². The van der Waals surface area contributed by atoms with Gasteiger partial charge in [-0.2, -0.15) is 0 Å². The molecule has 0 N–H and O–H groups in total. The van der Waals surface area contributed by atoms with Crippen LogP contribution in [0.15, 0.2) is 18.2 Å². The van der Waals surface area contributed by atoms with E-state index >= 15 is 0 Å². The van der Waals surface area contributed by atoms with Crippen LogP contribution < -0.4 is 0 Å². The van der Waals surface area contributed by atoms with Crippen LogP contribution in [0.1, 0.15) is 18.4 Å². The zero-order valence-corrected chi connectivity index (χ0v) is 10.4. The molecule has 1 heterocycles. The third-order valence-corrected chi connectivity index (χ3v) is 3.46. The maximum atomic E-state index is 11.3. The fourth-order valence-electron chi connectivity index (χ4n) is 1.94. The molecule has 2 nitrogen and oxygen atoms in total. The predicted octanol–water partition coefficient (Wildman–Crippen LogP) is 3.16. The van der Waals surface area contributed by atoms with Crippen molar-refractivity contribution in [3.8, 4) is 0 Å². The molecule has 0 aromatic heterocycles. The van der Waals surface area contributed by atoms with Gasteiger partial charge < -0.3 is 0 Å². The first-order valence-electron chi connectivity index (χ1n) is 5.33. The van der Waals surface area contributed by atoms with E-state index in [1.54, 1.807) is 6.07 Å². The average Bonchev–Trinajstić information content (AvgIpc) is 2.24. The number of piperidine rings is 1. The molecule has 0 unspecified atom stereocenters. The van der Waals surface area contributed by atoms with Gasteiger partial charge in [-0.3, -0.25) is 9.69 Å². The molecule has 1 aliphatic heterocycles. The summed E-state index contributed by atoms with van der Waals surface area (Å²) in [5.41, 5.74) is 1.10. The molecule has 86 valence electrons. The lowest BCUT2D eigenvalue weighted by Crippen LogP contribution is -2.34. The van der Waals surface area contributed by atoms with Gasteiger partial charge in [-0.15, -0.1) is 0 Å². The van der Waals surface area contributed by atoms with E-state index < -0.39 is 0 Å². The molecule has 0 atom stereocenters. The molecule has 0 saturated carbocycles. The van der Waals surface area contributed by atoms with Crippen LogP contribution in [-0.2, 0) is 11.3 Å². The highest BCUT2D eigenvalue weighted by molar-refractivity contribution is 6.42. The molecule has 1 aliphatic rings. The second-order valence-electron chi connectivity index (χ2n) is 4.10. The molecule has 1 aromatic carbocycles. The minimum Gasteiger partial charge on any atom is -0.298 e. The van der Waals surface area contributed by atoms with Crippen molar-refractivity contribution in [3.05, 3.63) is 33.8 Å². The van der Waals surface area contributed by atoms with E-state index in [2.05, 4.69) is 4.90 Å². The van der Waals surface area contributed by atoms with Gasteiger partial charge in [-0.05, 0) is 30.7 Å². The number of rotatable bonds is 2. The SMILES string of the molecule is O=C1CCCN(Cc2ccc(Cl)c(Cl)c2)C1. The Hall–Kier alpha value is -0.570. The largest absolute Gasteiger partial charge is 0.298 e. The predicted molar refractivity (Wildman–Crippen MR) is 66.0 cm³/mol. The molecule has 0 aliphatic carbocycles. The van der Waals surface area contributed by atoms with Crippen LogP contribution in [0.4, 0.5) is 0 Å². The Kier molecular flexibility index (Phi) is 3.85. The maximum Gasteiger partial charge on any atom is 0.146 e. The van der Waals surface area contributed by atoms with E-state index in [0.717, 1.165) is 31.5 Å². The maximum absolute atomic E-state index is 11.3. The topological polar surface area (TPSA) is 20.3 Å². The minimum absolute atomic E-state index is 0.325. The lowest BCUT2D eigenvalue weighted by molar-refractivity contribution is -0.122. The van der Waals surface area contributed by atoms with Crippen LogP contribution in [0.2, 0.25) is 10.0 Å². The lowest BCUT2D eigenvalue weighted by Gasteiger charge is -2.25. The summed E-state index contributed by atoms with van der Waals surface area (Å²) in [7, 11) is 0. The fraction of sp³-hybridized carbons (Fsp3) is 0.417. The third kappa shape index (κ3) is 2.97. The van der Waals surface area contributed by atoms with E-state index in [1.807, 2.05) is 12.1 Å². The van der Waals surface area contributed by atoms with Crippen molar-refractivity contribution >= 4 is 29.0 Å². The number of hydrogen-bond acceptors (Lipinski definition) is 2. The molecule has 16 heavy (non-hydrogen) atoms. The second kappa shape index (κ2) is 5.17. The number of hydrogen-bond donors (Lipinski definition) is 0. The van der Waals surface area contributed by atoms with Crippen molar-refractivity contribution in [1.29, 1.82) is 0 Å². The summed E-state index contributed by atoms with van der Waals surface area (Å²) in [6, 6.07) is 5.61. The monoisotopic (exact) mass is 257 g/mol. The summed E-state index contributed by atoms with van der Waals surface area (Å²) in [4.78, 5) is 13.4. The van der Waals surface area contributed by atoms with Gasteiger partial charge in [0.2, 0.25) is 0 Å². The van der Waals surface area contributed by atoms with E-state index in [9.17, 15) is 4.79 Å². The number of ketones is 1. The highest BCUT2D eigenvalue weighted by atomic mass is 35.5.